The second-order valence-corrected chi connectivity index (χ2v) is 9.53. The van der Waals surface area contributed by atoms with Gasteiger partial charge >= 0.3 is 0 Å². The molecular weight excluding hydrogens is 444 g/mol. The molecule has 33 heavy (non-hydrogen) atoms. The Hall–Kier alpha value is -3.73. The van der Waals surface area contributed by atoms with E-state index in [4.69, 9.17) is 11.5 Å². The summed E-state index contributed by atoms with van der Waals surface area (Å²) < 4.78 is 28.0. The van der Waals surface area contributed by atoms with Crippen LogP contribution < -0.4 is 26.4 Å². The van der Waals surface area contributed by atoms with E-state index in [-0.39, 0.29) is 22.5 Å². The van der Waals surface area contributed by atoms with Crippen LogP contribution in [-0.4, -0.2) is 50.8 Å². The number of likely N-dealkylation sites (tertiary alicyclic amines) is 1. The van der Waals surface area contributed by atoms with E-state index >= 15 is 0 Å². The number of anilines is 2. The van der Waals surface area contributed by atoms with Gasteiger partial charge in [-0.3, -0.25) is 9.59 Å². The molecule has 1 unspecified atom stereocenters. The fraction of sp³-hybridized carbons (Fsp3) is 0.273. The van der Waals surface area contributed by atoms with Gasteiger partial charge in [0.1, 0.15) is 5.82 Å². The summed E-state index contributed by atoms with van der Waals surface area (Å²) in [4.78, 5) is 27.7. The zero-order valence-corrected chi connectivity index (χ0v) is 18.7. The molecule has 11 heteroatoms. The normalized spacial score (nSPS) is 18.2. The van der Waals surface area contributed by atoms with Crippen molar-refractivity contribution in [2.45, 2.75) is 25.0 Å². The molecule has 0 spiro atoms. The van der Waals surface area contributed by atoms with Crippen molar-refractivity contribution in [3.05, 3.63) is 71.0 Å². The van der Waals surface area contributed by atoms with Crippen molar-refractivity contribution in [3.63, 3.8) is 0 Å². The van der Waals surface area contributed by atoms with Crippen LogP contribution in [0.3, 0.4) is 0 Å². The fourth-order valence-corrected chi connectivity index (χ4v) is 5.69. The Morgan fingerprint density at radius 2 is 1.67 bits per heavy atom. The molecule has 1 fully saturated rings. The summed E-state index contributed by atoms with van der Waals surface area (Å²) in [6.45, 7) is 0.672. The minimum Gasteiger partial charge on any atom is -0.383 e. The Bertz CT molecular complexity index is 1170. The molecule has 2 aromatic carbocycles. The molecule has 0 aromatic heterocycles. The highest BCUT2D eigenvalue weighted by Crippen LogP contribution is 2.37. The monoisotopic (exact) mass is 470 g/mol. The third kappa shape index (κ3) is 4.44. The predicted octanol–water partition coefficient (Wildman–Crippen LogP) is 0.712. The fourth-order valence-electron chi connectivity index (χ4n) is 4.40. The number of piperidine rings is 1. The molecule has 1 saturated heterocycles. The maximum atomic E-state index is 13.0. The highest BCUT2D eigenvalue weighted by Gasteiger charge is 2.37. The maximum absolute atomic E-state index is 13.0. The van der Waals surface area contributed by atoms with Crippen LogP contribution in [0.15, 0.2) is 65.4 Å². The minimum atomic E-state index is -4.30. The van der Waals surface area contributed by atoms with Crippen molar-refractivity contribution in [2.24, 2.45) is 11.5 Å². The third-order valence-electron chi connectivity index (χ3n) is 5.82. The molecule has 6 N–H and O–H groups in total. The Kier molecular flexibility index (Phi) is 6.14. The summed E-state index contributed by atoms with van der Waals surface area (Å²) >= 11 is 0. The van der Waals surface area contributed by atoms with E-state index in [2.05, 4.69) is 10.0 Å². The minimum absolute atomic E-state index is 0.00876. The Balaban J connectivity index is 1.49. The summed E-state index contributed by atoms with van der Waals surface area (Å²) in [6.07, 6.45) is 1.51. The van der Waals surface area contributed by atoms with Crippen molar-refractivity contribution in [3.8, 4) is 0 Å². The van der Waals surface area contributed by atoms with Crippen molar-refractivity contribution in [1.29, 1.82) is 0 Å². The van der Waals surface area contributed by atoms with Gasteiger partial charge in [0.25, 0.3) is 15.9 Å². The Morgan fingerprint density at radius 3 is 2.30 bits per heavy atom. The third-order valence-corrected chi connectivity index (χ3v) is 7.28. The van der Waals surface area contributed by atoms with Crippen molar-refractivity contribution < 1.29 is 18.0 Å². The van der Waals surface area contributed by atoms with E-state index in [0.717, 1.165) is 17.7 Å². The van der Waals surface area contributed by atoms with Crippen LogP contribution in [0.25, 0.3) is 0 Å². The topological polar surface area (TPSA) is 151 Å². The van der Waals surface area contributed by atoms with E-state index < -0.39 is 22.1 Å². The Morgan fingerprint density at radius 1 is 1.03 bits per heavy atom. The van der Waals surface area contributed by atoms with Gasteiger partial charge in [0.2, 0.25) is 0 Å². The van der Waals surface area contributed by atoms with Crippen LogP contribution >= 0.6 is 0 Å². The molecule has 1 atom stereocenters. The van der Waals surface area contributed by atoms with Crippen LogP contribution in [-0.2, 0) is 14.8 Å². The molecule has 4 rings (SSSR count). The second-order valence-electron chi connectivity index (χ2n) is 7.93. The lowest BCUT2D eigenvalue weighted by Gasteiger charge is -2.40. The van der Waals surface area contributed by atoms with Gasteiger partial charge in [-0.2, -0.15) is 8.42 Å². The van der Waals surface area contributed by atoms with Crippen LogP contribution in [0.5, 0.6) is 0 Å². The maximum Gasteiger partial charge on any atom is 0.283 e. The number of carbonyl (C=O) groups is 2. The summed E-state index contributed by atoms with van der Waals surface area (Å²) in [7, 11) is -4.30. The second kappa shape index (κ2) is 9.02. The number of fused-ring (bicyclic) bond motifs is 1. The largest absolute Gasteiger partial charge is 0.383 e. The first-order valence-electron chi connectivity index (χ1n) is 10.5. The molecule has 174 valence electrons. The molecule has 10 nitrogen and oxygen atoms in total. The SMILES string of the molecule is NC(N)=C(N1CCC(N2c3ccccc3NC2C=O)CC1)S(=O)(=O)NC(=O)c1ccccc1. The van der Waals surface area contributed by atoms with E-state index in [1.807, 2.05) is 29.2 Å². The molecule has 2 heterocycles. The number of carbonyl (C=O) groups excluding carboxylic acids is 2. The highest BCUT2D eigenvalue weighted by molar-refractivity contribution is 7.93. The molecule has 2 aliphatic rings. The number of aldehydes is 1. The zero-order valence-electron chi connectivity index (χ0n) is 17.8. The van der Waals surface area contributed by atoms with E-state index in [0.29, 0.717) is 25.9 Å². The van der Waals surface area contributed by atoms with Crippen molar-refractivity contribution in [2.75, 3.05) is 23.3 Å². The number of amides is 1. The van der Waals surface area contributed by atoms with Crippen LogP contribution in [0.2, 0.25) is 0 Å². The molecule has 2 aliphatic heterocycles. The van der Waals surface area contributed by atoms with E-state index in [1.54, 1.807) is 23.1 Å². The zero-order chi connectivity index (χ0) is 23.6. The van der Waals surface area contributed by atoms with Crippen LogP contribution in [0.1, 0.15) is 23.2 Å². The molecule has 2 aromatic rings. The van der Waals surface area contributed by atoms with Gasteiger partial charge in [0.05, 0.1) is 11.4 Å². The summed E-state index contributed by atoms with van der Waals surface area (Å²) in [5.41, 5.74) is 13.5. The standard InChI is InChI=1S/C22H26N6O4S/c23-20(24)22(33(31,32)26-21(30)15-6-2-1-3-7-15)27-12-10-16(11-13-27)28-18-9-5-4-8-17(18)25-19(28)14-29/h1-9,14,16,19,25H,10-13,23-24H2,(H,26,30). The predicted molar refractivity (Wildman–Crippen MR) is 125 cm³/mol. The lowest BCUT2D eigenvalue weighted by Crippen LogP contribution is -2.51. The van der Waals surface area contributed by atoms with Gasteiger partial charge in [-0.15, -0.1) is 0 Å². The molecular formula is C22H26N6O4S. The number of rotatable bonds is 6. The van der Waals surface area contributed by atoms with Gasteiger partial charge in [-0.25, -0.2) is 4.72 Å². The quantitative estimate of drug-likeness (QED) is 0.448. The Labute approximate surface area is 192 Å². The smallest absolute Gasteiger partial charge is 0.283 e. The van der Waals surface area contributed by atoms with E-state index in [9.17, 15) is 18.0 Å². The van der Waals surface area contributed by atoms with E-state index in [1.165, 1.54) is 12.1 Å². The number of hydrogen-bond donors (Lipinski definition) is 4. The van der Waals surface area contributed by atoms with Gasteiger partial charge in [-0.1, -0.05) is 30.3 Å². The van der Waals surface area contributed by atoms with Crippen LogP contribution in [0, 0.1) is 0 Å². The number of sulfonamides is 1. The molecule has 0 saturated carbocycles. The number of benzene rings is 2. The van der Waals surface area contributed by atoms with Crippen molar-refractivity contribution in [1.82, 2.24) is 9.62 Å². The van der Waals surface area contributed by atoms with Crippen molar-refractivity contribution >= 4 is 33.6 Å². The van der Waals surface area contributed by atoms with Gasteiger partial charge in [0.15, 0.2) is 17.5 Å². The molecule has 0 bridgehead atoms. The van der Waals surface area contributed by atoms with Gasteiger partial charge in [0, 0.05) is 24.7 Å². The lowest BCUT2D eigenvalue weighted by atomic mass is 10.0. The average Bonchev–Trinajstić information content (AvgIpc) is 3.18. The number of hydrogen-bond acceptors (Lipinski definition) is 9. The summed E-state index contributed by atoms with van der Waals surface area (Å²) in [5.74, 6) is -1.15. The number of para-hydroxylation sites is 2. The lowest BCUT2D eigenvalue weighted by molar-refractivity contribution is -0.108. The number of nitrogens with zero attached hydrogens (tertiary/aromatic N) is 2. The molecule has 0 aliphatic carbocycles. The number of nitrogens with two attached hydrogens (primary N) is 2. The van der Waals surface area contributed by atoms with Crippen LogP contribution in [0.4, 0.5) is 11.4 Å². The van der Waals surface area contributed by atoms with Gasteiger partial charge in [-0.05, 0) is 37.1 Å². The number of nitrogens with one attached hydrogen (secondary N) is 2. The molecule has 1 amide bonds. The first-order valence-corrected chi connectivity index (χ1v) is 12.0. The van der Waals surface area contributed by atoms with Gasteiger partial charge < -0.3 is 26.6 Å². The molecule has 0 radical (unpaired) electrons. The average molecular weight is 471 g/mol. The first-order chi connectivity index (χ1) is 15.8. The summed E-state index contributed by atoms with van der Waals surface area (Å²) in [6, 6.07) is 15.7. The first kappa shape index (κ1) is 22.5. The summed E-state index contributed by atoms with van der Waals surface area (Å²) in [5, 5.41) is 2.89. The highest BCUT2D eigenvalue weighted by atomic mass is 32.2.